The molecule has 0 radical (unpaired) electrons. The molecular formula is C29H27N5O5S. The molecular weight excluding hydrogens is 530 g/mol. The SMILES string of the molecule is Cc1ccccc1NC(=O)Nc1ccc(CC(=O)Nc2ccc(C(CC(=O)O)NC(=O)c3cccs3)cn2)cc1. The number of aryl methyl sites for hydroxylation is 1. The van der Waals surface area contributed by atoms with E-state index in [0.29, 0.717) is 21.9 Å². The second kappa shape index (κ2) is 13.2. The number of benzene rings is 2. The first-order chi connectivity index (χ1) is 19.3. The summed E-state index contributed by atoms with van der Waals surface area (Å²) in [6.07, 6.45) is 1.20. The first-order valence-electron chi connectivity index (χ1n) is 12.3. The second-order valence-electron chi connectivity index (χ2n) is 8.89. The first-order valence-corrected chi connectivity index (χ1v) is 13.2. The van der Waals surface area contributed by atoms with Gasteiger partial charge in [-0.1, -0.05) is 42.5 Å². The molecule has 0 bridgehead atoms. The molecule has 5 N–H and O–H groups in total. The van der Waals surface area contributed by atoms with E-state index in [9.17, 15) is 24.3 Å². The minimum atomic E-state index is -1.07. The third-order valence-electron chi connectivity index (χ3n) is 5.86. The Morgan fingerprint density at radius 2 is 1.68 bits per heavy atom. The Kier molecular flexibility index (Phi) is 9.21. The van der Waals surface area contributed by atoms with Crippen LogP contribution in [0.2, 0.25) is 0 Å². The zero-order valence-corrected chi connectivity index (χ0v) is 22.3. The van der Waals surface area contributed by atoms with Crippen molar-refractivity contribution in [3.63, 3.8) is 0 Å². The number of thiophene rings is 1. The average Bonchev–Trinajstić information content (AvgIpc) is 3.46. The van der Waals surface area contributed by atoms with E-state index in [4.69, 9.17) is 0 Å². The molecule has 0 saturated carbocycles. The van der Waals surface area contributed by atoms with Crippen LogP contribution in [0.5, 0.6) is 0 Å². The lowest BCUT2D eigenvalue weighted by Gasteiger charge is -2.17. The second-order valence-corrected chi connectivity index (χ2v) is 9.84. The lowest BCUT2D eigenvalue weighted by molar-refractivity contribution is -0.137. The fourth-order valence-corrected chi connectivity index (χ4v) is 4.45. The molecule has 4 amide bonds. The number of carbonyl (C=O) groups excluding carboxylic acids is 3. The van der Waals surface area contributed by atoms with Crippen molar-refractivity contribution in [2.24, 2.45) is 0 Å². The number of nitrogens with zero attached hydrogens (tertiary/aromatic N) is 1. The number of rotatable bonds is 10. The summed E-state index contributed by atoms with van der Waals surface area (Å²) >= 11 is 1.26. The van der Waals surface area contributed by atoms with Gasteiger partial charge in [0.05, 0.1) is 23.8 Å². The van der Waals surface area contributed by atoms with Gasteiger partial charge in [-0.05, 0) is 59.3 Å². The molecule has 1 unspecified atom stereocenters. The molecule has 2 aromatic heterocycles. The highest BCUT2D eigenvalue weighted by atomic mass is 32.1. The van der Waals surface area contributed by atoms with Crippen LogP contribution in [0.25, 0.3) is 0 Å². The Hall–Kier alpha value is -5.03. The zero-order chi connectivity index (χ0) is 28.5. The largest absolute Gasteiger partial charge is 0.481 e. The number of urea groups is 1. The summed E-state index contributed by atoms with van der Waals surface area (Å²) in [4.78, 5) is 53.3. The van der Waals surface area contributed by atoms with Crippen LogP contribution in [0.15, 0.2) is 84.4 Å². The van der Waals surface area contributed by atoms with E-state index in [1.165, 1.54) is 17.5 Å². The fourth-order valence-electron chi connectivity index (χ4n) is 3.83. The normalized spacial score (nSPS) is 11.2. The monoisotopic (exact) mass is 557 g/mol. The molecule has 40 heavy (non-hydrogen) atoms. The van der Waals surface area contributed by atoms with Gasteiger partial charge < -0.3 is 26.4 Å². The number of carbonyl (C=O) groups is 4. The van der Waals surface area contributed by atoms with E-state index < -0.39 is 12.0 Å². The summed E-state index contributed by atoms with van der Waals surface area (Å²) in [5.41, 5.74) is 3.48. The molecule has 0 fully saturated rings. The average molecular weight is 558 g/mol. The van der Waals surface area contributed by atoms with Gasteiger partial charge in [-0.2, -0.15) is 0 Å². The minimum Gasteiger partial charge on any atom is -0.481 e. The van der Waals surface area contributed by atoms with E-state index in [2.05, 4.69) is 26.3 Å². The van der Waals surface area contributed by atoms with Crippen LogP contribution in [0, 0.1) is 6.92 Å². The molecule has 0 aliphatic heterocycles. The topological polar surface area (TPSA) is 150 Å². The molecule has 0 aliphatic carbocycles. The number of aromatic nitrogens is 1. The van der Waals surface area contributed by atoms with Gasteiger partial charge in [0.15, 0.2) is 0 Å². The summed E-state index contributed by atoms with van der Waals surface area (Å²) in [5, 5.41) is 22.0. The summed E-state index contributed by atoms with van der Waals surface area (Å²) in [6.45, 7) is 1.91. The van der Waals surface area contributed by atoms with E-state index in [1.54, 1.807) is 53.9 Å². The quantitative estimate of drug-likeness (QED) is 0.180. The molecule has 10 nitrogen and oxygen atoms in total. The molecule has 2 heterocycles. The number of aliphatic carboxylic acids is 1. The molecule has 4 rings (SSSR count). The van der Waals surface area contributed by atoms with Crippen molar-refractivity contribution < 1.29 is 24.3 Å². The van der Waals surface area contributed by atoms with Gasteiger partial charge in [-0.15, -0.1) is 11.3 Å². The predicted molar refractivity (Wildman–Crippen MR) is 154 cm³/mol. The smallest absolute Gasteiger partial charge is 0.323 e. The van der Waals surface area contributed by atoms with Crippen LogP contribution in [0.4, 0.5) is 22.0 Å². The number of hydrogen-bond acceptors (Lipinski definition) is 6. The number of carboxylic acid groups (broad SMARTS) is 1. The van der Waals surface area contributed by atoms with Crippen LogP contribution >= 0.6 is 11.3 Å². The summed E-state index contributed by atoms with van der Waals surface area (Å²) in [7, 11) is 0. The van der Waals surface area contributed by atoms with Crippen LogP contribution < -0.4 is 21.3 Å². The van der Waals surface area contributed by atoms with Crippen molar-refractivity contribution in [3.8, 4) is 0 Å². The molecule has 11 heteroatoms. The van der Waals surface area contributed by atoms with Crippen molar-refractivity contribution in [2.75, 3.05) is 16.0 Å². The van der Waals surface area contributed by atoms with Crippen molar-refractivity contribution in [1.29, 1.82) is 0 Å². The number of amides is 4. The Morgan fingerprint density at radius 1 is 0.900 bits per heavy atom. The predicted octanol–water partition coefficient (Wildman–Crippen LogP) is 5.22. The Balaban J connectivity index is 1.30. The minimum absolute atomic E-state index is 0.0810. The lowest BCUT2D eigenvalue weighted by atomic mass is 10.1. The molecule has 0 saturated heterocycles. The summed E-state index contributed by atoms with van der Waals surface area (Å²) < 4.78 is 0. The highest BCUT2D eigenvalue weighted by Gasteiger charge is 2.20. The van der Waals surface area contributed by atoms with Crippen LogP contribution in [0.3, 0.4) is 0 Å². The van der Waals surface area contributed by atoms with Gasteiger partial charge in [-0.25, -0.2) is 9.78 Å². The standard InChI is InChI=1S/C29H27N5O5S/c1-18-5-2-3-6-22(18)33-29(39)31-21-11-8-19(9-12-21)15-26(35)34-25-13-10-20(17-30-25)23(16-27(36)37)32-28(38)24-7-4-14-40-24/h2-14,17,23H,15-16H2,1H3,(H,32,38)(H,36,37)(H,30,34,35)(H2,31,33,39). The Morgan fingerprint density at radius 3 is 2.33 bits per heavy atom. The van der Waals surface area contributed by atoms with E-state index in [-0.39, 0.29) is 30.7 Å². The highest BCUT2D eigenvalue weighted by Crippen LogP contribution is 2.20. The number of anilines is 3. The molecule has 1 atom stereocenters. The van der Waals surface area contributed by atoms with Crippen molar-refractivity contribution >= 4 is 52.3 Å². The molecule has 0 spiro atoms. The Labute approximate surface area is 234 Å². The number of hydrogen-bond donors (Lipinski definition) is 5. The number of para-hydroxylation sites is 1. The van der Waals surface area contributed by atoms with Gasteiger partial charge in [0, 0.05) is 17.6 Å². The summed E-state index contributed by atoms with van der Waals surface area (Å²) in [5.74, 6) is -1.45. The van der Waals surface area contributed by atoms with Gasteiger partial charge >= 0.3 is 12.0 Å². The third-order valence-corrected chi connectivity index (χ3v) is 6.72. The summed E-state index contributed by atoms with van der Waals surface area (Å²) in [6, 6.07) is 19.8. The van der Waals surface area contributed by atoms with Crippen LogP contribution in [-0.4, -0.2) is 33.9 Å². The van der Waals surface area contributed by atoms with Gasteiger partial charge in [-0.3, -0.25) is 14.4 Å². The van der Waals surface area contributed by atoms with E-state index >= 15 is 0 Å². The van der Waals surface area contributed by atoms with Crippen LogP contribution in [0.1, 0.15) is 38.8 Å². The number of carboxylic acids is 1. The third kappa shape index (κ3) is 7.98. The van der Waals surface area contributed by atoms with Crippen molar-refractivity contribution in [1.82, 2.24) is 10.3 Å². The lowest BCUT2D eigenvalue weighted by Crippen LogP contribution is -2.29. The number of pyridine rings is 1. The van der Waals surface area contributed by atoms with Gasteiger partial charge in [0.1, 0.15) is 5.82 Å². The van der Waals surface area contributed by atoms with E-state index in [1.807, 2.05) is 31.2 Å². The maximum atomic E-state index is 12.6. The van der Waals surface area contributed by atoms with Gasteiger partial charge in [0.25, 0.3) is 5.91 Å². The molecule has 4 aromatic rings. The Bertz CT molecular complexity index is 1490. The van der Waals surface area contributed by atoms with Crippen LogP contribution in [-0.2, 0) is 16.0 Å². The zero-order valence-electron chi connectivity index (χ0n) is 21.5. The first kappa shape index (κ1) is 28.0. The van der Waals surface area contributed by atoms with E-state index in [0.717, 1.165) is 16.8 Å². The molecule has 2 aromatic carbocycles. The maximum Gasteiger partial charge on any atom is 0.323 e. The van der Waals surface area contributed by atoms with Crippen molar-refractivity contribution in [3.05, 3.63) is 106 Å². The molecule has 204 valence electrons. The molecule has 0 aliphatic rings. The fraction of sp³-hybridized carbons (Fsp3) is 0.138. The van der Waals surface area contributed by atoms with Crippen molar-refractivity contribution in [2.45, 2.75) is 25.8 Å². The maximum absolute atomic E-state index is 12.6. The number of nitrogens with one attached hydrogen (secondary N) is 4. The highest BCUT2D eigenvalue weighted by molar-refractivity contribution is 7.12. The van der Waals surface area contributed by atoms with Gasteiger partial charge in [0.2, 0.25) is 5.91 Å².